The van der Waals surface area contributed by atoms with Crippen LogP contribution >= 0.6 is 0 Å². The van der Waals surface area contributed by atoms with E-state index in [9.17, 15) is 13.5 Å². The second kappa shape index (κ2) is 3.98. The van der Waals surface area contributed by atoms with E-state index in [1.807, 2.05) is 0 Å². The fourth-order valence-electron chi connectivity index (χ4n) is 1.16. The number of sulfone groups is 1. The predicted octanol–water partition coefficient (Wildman–Crippen LogP) is 0.513. The Morgan fingerprint density at radius 3 is 2.50 bits per heavy atom. The van der Waals surface area contributed by atoms with E-state index in [-0.39, 0.29) is 16.4 Å². The van der Waals surface area contributed by atoms with E-state index in [1.54, 1.807) is 19.1 Å². The number of nitrogens with two attached hydrogens (primary N) is 1. The third-order valence-electron chi connectivity index (χ3n) is 1.68. The van der Waals surface area contributed by atoms with Crippen LogP contribution in [0.1, 0.15) is 6.92 Å². The first-order valence-electron chi connectivity index (χ1n) is 4.20. The molecule has 0 aromatic heterocycles. The molecule has 0 bridgehead atoms. The summed E-state index contributed by atoms with van der Waals surface area (Å²) in [5.74, 6) is -0.391. The summed E-state index contributed by atoms with van der Waals surface area (Å²) in [6.45, 7) is 1.61. The van der Waals surface area contributed by atoms with Gasteiger partial charge >= 0.3 is 0 Å². The van der Waals surface area contributed by atoms with Crippen LogP contribution in [-0.2, 0) is 9.84 Å². The summed E-state index contributed by atoms with van der Waals surface area (Å²) in [5.41, 5.74) is 5.41. The molecule has 0 saturated heterocycles. The zero-order valence-corrected chi connectivity index (χ0v) is 8.66. The molecule has 1 aromatic rings. The maximum atomic E-state index is 11.6. The van der Waals surface area contributed by atoms with Gasteiger partial charge in [0.1, 0.15) is 10.6 Å². The Morgan fingerprint density at radius 2 is 2.00 bits per heavy atom. The molecule has 0 radical (unpaired) electrons. The average Bonchev–Trinajstić information content (AvgIpc) is 2.02. The summed E-state index contributed by atoms with van der Waals surface area (Å²) in [6.07, 6.45) is 0. The lowest BCUT2D eigenvalue weighted by Gasteiger charge is -2.08. The van der Waals surface area contributed by atoms with Crippen LogP contribution in [-0.4, -0.2) is 25.3 Å². The number of rotatable bonds is 3. The first-order chi connectivity index (χ1) is 6.43. The van der Waals surface area contributed by atoms with Crippen molar-refractivity contribution in [2.45, 2.75) is 17.9 Å². The van der Waals surface area contributed by atoms with E-state index >= 15 is 0 Å². The van der Waals surface area contributed by atoms with Gasteiger partial charge in [0.2, 0.25) is 0 Å². The first-order valence-corrected chi connectivity index (χ1v) is 5.85. The van der Waals surface area contributed by atoms with Crippen LogP contribution in [0.25, 0.3) is 0 Å². The van der Waals surface area contributed by atoms with Crippen molar-refractivity contribution >= 4 is 9.84 Å². The molecule has 0 heterocycles. The van der Waals surface area contributed by atoms with Crippen LogP contribution in [0.5, 0.6) is 5.75 Å². The molecule has 1 atom stereocenters. The fourth-order valence-corrected chi connectivity index (χ4v) is 2.70. The molecule has 1 unspecified atom stereocenters. The summed E-state index contributed by atoms with van der Waals surface area (Å²) >= 11 is 0. The Kier molecular flexibility index (Phi) is 3.13. The zero-order valence-electron chi connectivity index (χ0n) is 7.84. The molecular formula is C9H13NO3S. The van der Waals surface area contributed by atoms with Crippen LogP contribution in [0.15, 0.2) is 29.2 Å². The smallest absolute Gasteiger partial charge is 0.183 e. The third-order valence-corrected chi connectivity index (χ3v) is 3.66. The van der Waals surface area contributed by atoms with Gasteiger partial charge in [0, 0.05) is 6.04 Å². The molecule has 0 amide bonds. The number of phenols is 1. The number of phenolic OH excluding ortho intramolecular Hbond substituents is 1. The summed E-state index contributed by atoms with van der Waals surface area (Å²) in [6, 6.07) is 5.40. The minimum Gasteiger partial charge on any atom is -0.507 e. The highest BCUT2D eigenvalue weighted by atomic mass is 32.2. The number of hydrogen-bond acceptors (Lipinski definition) is 4. The van der Waals surface area contributed by atoms with Crippen LogP contribution in [0.4, 0.5) is 0 Å². The van der Waals surface area contributed by atoms with E-state index in [0.29, 0.717) is 0 Å². The topological polar surface area (TPSA) is 80.4 Å². The van der Waals surface area contributed by atoms with E-state index < -0.39 is 15.9 Å². The second-order valence-corrected chi connectivity index (χ2v) is 5.23. The molecule has 0 aliphatic carbocycles. The highest BCUT2D eigenvalue weighted by molar-refractivity contribution is 7.91. The lowest BCUT2D eigenvalue weighted by molar-refractivity contribution is 0.458. The monoisotopic (exact) mass is 215 g/mol. The van der Waals surface area contributed by atoms with Crippen molar-refractivity contribution in [3.63, 3.8) is 0 Å². The molecule has 78 valence electrons. The molecule has 1 aromatic carbocycles. The molecule has 3 N–H and O–H groups in total. The number of hydrogen-bond donors (Lipinski definition) is 2. The lowest BCUT2D eigenvalue weighted by atomic mass is 10.3. The zero-order chi connectivity index (χ0) is 10.8. The van der Waals surface area contributed by atoms with Crippen molar-refractivity contribution < 1.29 is 13.5 Å². The standard InChI is InChI=1S/C9H13NO3S/c1-7(10)6-14(12,13)9-5-3-2-4-8(9)11/h2-5,7,11H,6,10H2,1H3. The van der Waals surface area contributed by atoms with E-state index in [1.165, 1.54) is 12.1 Å². The average molecular weight is 215 g/mol. The first kappa shape index (κ1) is 11.0. The maximum absolute atomic E-state index is 11.6. The summed E-state index contributed by atoms with van der Waals surface area (Å²) in [7, 11) is -3.47. The van der Waals surface area contributed by atoms with Crippen LogP contribution < -0.4 is 5.73 Å². The summed E-state index contributed by atoms with van der Waals surface area (Å²) in [4.78, 5) is -0.0581. The highest BCUT2D eigenvalue weighted by Gasteiger charge is 2.19. The summed E-state index contributed by atoms with van der Waals surface area (Å²) < 4.78 is 23.2. The van der Waals surface area contributed by atoms with Gasteiger partial charge < -0.3 is 10.8 Å². The molecule has 0 aliphatic heterocycles. The fraction of sp³-hybridized carbons (Fsp3) is 0.333. The second-order valence-electron chi connectivity index (χ2n) is 3.23. The quantitative estimate of drug-likeness (QED) is 0.770. The van der Waals surface area contributed by atoms with Gasteiger partial charge in [0.15, 0.2) is 9.84 Å². The molecule has 0 spiro atoms. The van der Waals surface area contributed by atoms with Gasteiger partial charge in [-0.05, 0) is 19.1 Å². The number of para-hydroxylation sites is 1. The van der Waals surface area contributed by atoms with Gasteiger partial charge in [-0.3, -0.25) is 0 Å². The Morgan fingerprint density at radius 1 is 1.43 bits per heavy atom. The molecule has 0 fully saturated rings. The van der Waals surface area contributed by atoms with Crippen molar-refractivity contribution in [2.24, 2.45) is 5.73 Å². The van der Waals surface area contributed by atoms with Gasteiger partial charge in [-0.1, -0.05) is 12.1 Å². The van der Waals surface area contributed by atoms with Gasteiger partial charge in [-0.2, -0.15) is 0 Å². The third kappa shape index (κ3) is 2.46. The van der Waals surface area contributed by atoms with E-state index in [4.69, 9.17) is 5.73 Å². The minimum atomic E-state index is -3.47. The largest absolute Gasteiger partial charge is 0.507 e. The van der Waals surface area contributed by atoms with E-state index in [0.717, 1.165) is 0 Å². The van der Waals surface area contributed by atoms with Gasteiger partial charge in [-0.25, -0.2) is 8.42 Å². The van der Waals surface area contributed by atoms with Crippen LogP contribution in [0.2, 0.25) is 0 Å². The Labute approximate surface area is 83.3 Å². The van der Waals surface area contributed by atoms with Crippen molar-refractivity contribution in [3.8, 4) is 5.75 Å². The number of benzene rings is 1. The predicted molar refractivity (Wildman–Crippen MR) is 53.8 cm³/mol. The van der Waals surface area contributed by atoms with Crippen LogP contribution in [0, 0.1) is 0 Å². The van der Waals surface area contributed by atoms with Crippen molar-refractivity contribution in [2.75, 3.05) is 5.75 Å². The molecular weight excluding hydrogens is 202 g/mol. The summed E-state index contributed by atoms with van der Waals surface area (Å²) in [5, 5.41) is 9.34. The SMILES string of the molecule is CC(N)CS(=O)(=O)c1ccccc1O. The Bertz CT molecular complexity index is 412. The van der Waals surface area contributed by atoms with E-state index in [2.05, 4.69) is 0 Å². The van der Waals surface area contributed by atoms with Crippen molar-refractivity contribution in [1.82, 2.24) is 0 Å². The molecule has 1 rings (SSSR count). The normalized spacial score (nSPS) is 13.9. The lowest BCUT2D eigenvalue weighted by Crippen LogP contribution is -2.26. The Balaban J connectivity index is 3.11. The van der Waals surface area contributed by atoms with Gasteiger partial charge in [-0.15, -0.1) is 0 Å². The van der Waals surface area contributed by atoms with Crippen molar-refractivity contribution in [3.05, 3.63) is 24.3 Å². The number of aromatic hydroxyl groups is 1. The maximum Gasteiger partial charge on any atom is 0.183 e. The molecule has 5 heteroatoms. The highest BCUT2D eigenvalue weighted by Crippen LogP contribution is 2.22. The van der Waals surface area contributed by atoms with Gasteiger partial charge in [0.05, 0.1) is 5.75 Å². The van der Waals surface area contributed by atoms with Crippen LogP contribution in [0.3, 0.4) is 0 Å². The molecule has 0 saturated carbocycles. The molecule has 4 nitrogen and oxygen atoms in total. The minimum absolute atomic E-state index is 0.0581. The van der Waals surface area contributed by atoms with Gasteiger partial charge in [0.25, 0.3) is 0 Å². The van der Waals surface area contributed by atoms with Crippen molar-refractivity contribution in [1.29, 1.82) is 0 Å². The Hall–Kier alpha value is -1.07. The molecule has 14 heavy (non-hydrogen) atoms. The molecule has 0 aliphatic rings.